The first-order chi connectivity index (χ1) is 7.08. The molecule has 3 nitrogen and oxygen atoms in total. The molecule has 1 N–H and O–H groups in total. The Balaban J connectivity index is 2.41. The molecule has 1 aliphatic heterocycles. The Kier molecular flexibility index (Phi) is 2.23. The second-order valence-corrected chi connectivity index (χ2v) is 3.94. The van der Waals surface area contributed by atoms with Crippen molar-refractivity contribution in [3.05, 3.63) is 35.9 Å². The standard InChI is InChI=1S/C12H14N2O/c1-8(2)9-4-5-11-10(6-9)7-14(3)12(15)13-11/h4-6H,1,7H2,2-3H3,(H,13,15). The molecule has 0 saturated carbocycles. The van der Waals surface area contributed by atoms with Crippen LogP contribution in [0.2, 0.25) is 0 Å². The molecule has 0 aromatic heterocycles. The van der Waals surface area contributed by atoms with Gasteiger partial charge >= 0.3 is 6.03 Å². The monoisotopic (exact) mass is 202 g/mol. The van der Waals surface area contributed by atoms with Gasteiger partial charge in [-0.1, -0.05) is 18.2 Å². The SMILES string of the molecule is C=C(C)c1ccc2c(c1)CN(C)C(=O)N2. The van der Waals surface area contributed by atoms with Crippen LogP contribution in [0.1, 0.15) is 18.1 Å². The predicted octanol–water partition coefficient (Wildman–Crippen LogP) is 2.70. The molecule has 1 aromatic rings. The summed E-state index contributed by atoms with van der Waals surface area (Å²) in [6.45, 7) is 6.54. The Morgan fingerprint density at radius 1 is 1.53 bits per heavy atom. The molecule has 1 aliphatic rings. The van der Waals surface area contributed by atoms with Crippen molar-refractivity contribution in [2.24, 2.45) is 0 Å². The van der Waals surface area contributed by atoms with Gasteiger partial charge in [-0.15, -0.1) is 0 Å². The molecule has 1 heterocycles. The molecular formula is C12H14N2O. The summed E-state index contributed by atoms with van der Waals surface area (Å²) >= 11 is 0. The maximum atomic E-state index is 11.4. The zero-order chi connectivity index (χ0) is 11.0. The van der Waals surface area contributed by atoms with E-state index in [9.17, 15) is 4.79 Å². The number of carbonyl (C=O) groups is 1. The third-order valence-corrected chi connectivity index (χ3v) is 2.59. The van der Waals surface area contributed by atoms with Crippen molar-refractivity contribution in [3.8, 4) is 0 Å². The number of hydrogen-bond donors (Lipinski definition) is 1. The summed E-state index contributed by atoms with van der Waals surface area (Å²) in [6.07, 6.45) is 0. The molecule has 0 radical (unpaired) electrons. The summed E-state index contributed by atoms with van der Waals surface area (Å²) in [5.41, 5.74) is 4.20. The Morgan fingerprint density at radius 2 is 2.27 bits per heavy atom. The highest BCUT2D eigenvalue weighted by molar-refractivity contribution is 5.92. The number of anilines is 1. The zero-order valence-electron chi connectivity index (χ0n) is 9.00. The summed E-state index contributed by atoms with van der Waals surface area (Å²) in [4.78, 5) is 13.0. The Hall–Kier alpha value is -1.77. The molecule has 78 valence electrons. The van der Waals surface area contributed by atoms with Crippen molar-refractivity contribution in [1.82, 2.24) is 4.90 Å². The minimum absolute atomic E-state index is 0.0504. The molecule has 0 atom stereocenters. The van der Waals surface area contributed by atoms with Gasteiger partial charge in [0.15, 0.2) is 0 Å². The normalized spacial score (nSPS) is 14.5. The second-order valence-electron chi connectivity index (χ2n) is 3.94. The molecule has 2 amide bonds. The van der Waals surface area contributed by atoms with Gasteiger partial charge in [0.25, 0.3) is 0 Å². The number of rotatable bonds is 1. The maximum absolute atomic E-state index is 11.4. The molecule has 0 fully saturated rings. The van der Waals surface area contributed by atoms with E-state index < -0.39 is 0 Å². The quantitative estimate of drug-likeness (QED) is 0.746. The summed E-state index contributed by atoms with van der Waals surface area (Å²) in [7, 11) is 1.78. The lowest BCUT2D eigenvalue weighted by Gasteiger charge is -2.26. The van der Waals surface area contributed by atoms with Gasteiger partial charge in [-0.3, -0.25) is 0 Å². The van der Waals surface area contributed by atoms with Gasteiger partial charge in [0.2, 0.25) is 0 Å². The highest BCUT2D eigenvalue weighted by atomic mass is 16.2. The average Bonchev–Trinajstić information content (AvgIpc) is 2.19. The van der Waals surface area contributed by atoms with E-state index >= 15 is 0 Å². The third-order valence-electron chi connectivity index (χ3n) is 2.59. The maximum Gasteiger partial charge on any atom is 0.321 e. The lowest BCUT2D eigenvalue weighted by molar-refractivity contribution is 0.218. The number of allylic oxidation sites excluding steroid dienone is 1. The van der Waals surface area contributed by atoms with Crippen molar-refractivity contribution < 1.29 is 4.79 Å². The van der Waals surface area contributed by atoms with Crippen LogP contribution in [0.5, 0.6) is 0 Å². The number of carbonyl (C=O) groups excluding carboxylic acids is 1. The average molecular weight is 202 g/mol. The number of fused-ring (bicyclic) bond motifs is 1. The van der Waals surface area contributed by atoms with E-state index in [1.807, 2.05) is 19.1 Å². The fourth-order valence-corrected chi connectivity index (χ4v) is 1.65. The van der Waals surface area contributed by atoms with Gasteiger partial charge in [-0.25, -0.2) is 4.79 Å². The second kappa shape index (κ2) is 3.42. The van der Waals surface area contributed by atoms with Crippen molar-refractivity contribution in [1.29, 1.82) is 0 Å². The molecule has 0 saturated heterocycles. The third kappa shape index (κ3) is 1.73. The first-order valence-electron chi connectivity index (χ1n) is 4.89. The fourth-order valence-electron chi connectivity index (χ4n) is 1.65. The van der Waals surface area contributed by atoms with Crippen LogP contribution in [0.4, 0.5) is 10.5 Å². The minimum Gasteiger partial charge on any atom is -0.323 e. The smallest absolute Gasteiger partial charge is 0.321 e. The molecule has 0 aliphatic carbocycles. The lowest BCUT2D eigenvalue weighted by atomic mass is 10.0. The highest BCUT2D eigenvalue weighted by Crippen LogP contribution is 2.25. The summed E-state index contributed by atoms with van der Waals surface area (Å²) in [5, 5.41) is 2.83. The Bertz CT molecular complexity index is 437. The topological polar surface area (TPSA) is 32.3 Å². The van der Waals surface area contributed by atoms with Crippen LogP contribution >= 0.6 is 0 Å². The van der Waals surface area contributed by atoms with Crippen LogP contribution < -0.4 is 5.32 Å². The van der Waals surface area contributed by atoms with E-state index in [4.69, 9.17) is 0 Å². The molecule has 2 rings (SSSR count). The first kappa shape index (κ1) is 9.77. The summed E-state index contributed by atoms with van der Waals surface area (Å²) in [5.74, 6) is 0. The van der Waals surface area contributed by atoms with Crippen LogP contribution in [-0.2, 0) is 6.54 Å². The van der Waals surface area contributed by atoms with E-state index in [1.165, 1.54) is 0 Å². The van der Waals surface area contributed by atoms with Gasteiger partial charge in [0.1, 0.15) is 0 Å². The predicted molar refractivity (Wildman–Crippen MR) is 61.6 cm³/mol. The largest absolute Gasteiger partial charge is 0.323 e. The van der Waals surface area contributed by atoms with E-state index in [2.05, 4.69) is 18.0 Å². The van der Waals surface area contributed by atoms with Crippen LogP contribution in [0.15, 0.2) is 24.8 Å². The number of amides is 2. The number of urea groups is 1. The van der Waals surface area contributed by atoms with Gasteiger partial charge in [0.05, 0.1) is 0 Å². The van der Waals surface area contributed by atoms with Crippen LogP contribution in [0, 0.1) is 0 Å². The summed E-state index contributed by atoms with van der Waals surface area (Å²) < 4.78 is 0. The molecule has 0 spiro atoms. The molecule has 15 heavy (non-hydrogen) atoms. The molecule has 1 aromatic carbocycles. The Morgan fingerprint density at radius 3 is 2.93 bits per heavy atom. The van der Waals surface area contributed by atoms with Crippen molar-refractivity contribution in [2.45, 2.75) is 13.5 Å². The summed E-state index contributed by atoms with van der Waals surface area (Å²) in [6, 6.07) is 5.94. The first-order valence-corrected chi connectivity index (χ1v) is 4.89. The number of nitrogens with zero attached hydrogens (tertiary/aromatic N) is 1. The van der Waals surface area contributed by atoms with Crippen molar-refractivity contribution >= 4 is 17.3 Å². The molecular weight excluding hydrogens is 188 g/mol. The number of hydrogen-bond acceptors (Lipinski definition) is 1. The zero-order valence-corrected chi connectivity index (χ0v) is 9.00. The van der Waals surface area contributed by atoms with Crippen molar-refractivity contribution in [2.75, 3.05) is 12.4 Å². The number of benzene rings is 1. The highest BCUT2D eigenvalue weighted by Gasteiger charge is 2.18. The number of nitrogens with one attached hydrogen (secondary N) is 1. The van der Waals surface area contributed by atoms with Gasteiger partial charge in [-0.05, 0) is 30.2 Å². The van der Waals surface area contributed by atoms with Crippen LogP contribution in [0.3, 0.4) is 0 Å². The van der Waals surface area contributed by atoms with E-state index in [1.54, 1.807) is 11.9 Å². The van der Waals surface area contributed by atoms with E-state index in [0.29, 0.717) is 6.54 Å². The van der Waals surface area contributed by atoms with Gasteiger partial charge < -0.3 is 10.2 Å². The minimum atomic E-state index is -0.0504. The molecule has 0 bridgehead atoms. The van der Waals surface area contributed by atoms with E-state index in [0.717, 1.165) is 22.4 Å². The van der Waals surface area contributed by atoms with Gasteiger partial charge in [-0.2, -0.15) is 0 Å². The molecule has 0 unspecified atom stereocenters. The lowest BCUT2D eigenvalue weighted by Crippen LogP contribution is -2.35. The van der Waals surface area contributed by atoms with Crippen LogP contribution in [0.25, 0.3) is 5.57 Å². The fraction of sp³-hybridized carbons (Fsp3) is 0.250. The van der Waals surface area contributed by atoms with Crippen molar-refractivity contribution in [3.63, 3.8) is 0 Å². The Labute approximate surface area is 89.4 Å². The van der Waals surface area contributed by atoms with Gasteiger partial charge in [0, 0.05) is 19.3 Å². The van der Waals surface area contributed by atoms with Crippen LogP contribution in [-0.4, -0.2) is 18.0 Å². The molecule has 3 heteroatoms. The van der Waals surface area contributed by atoms with E-state index in [-0.39, 0.29) is 6.03 Å².